The van der Waals surface area contributed by atoms with E-state index in [-0.39, 0.29) is 0 Å². The van der Waals surface area contributed by atoms with E-state index in [2.05, 4.69) is 8.37 Å². The van der Waals surface area contributed by atoms with E-state index in [1.807, 2.05) is 0 Å². The van der Waals surface area contributed by atoms with Crippen LogP contribution in [-0.2, 0) is 38.2 Å². The number of hydrogen-bond acceptors (Lipinski definition) is 8. The number of hydrogen-bond donors (Lipinski definition) is 2. The van der Waals surface area contributed by atoms with Crippen LogP contribution in [0.25, 0.3) is 0 Å². The van der Waals surface area contributed by atoms with Crippen LogP contribution in [0.3, 0.4) is 0 Å². The Morgan fingerprint density at radius 1 is 1.00 bits per heavy atom. The lowest BCUT2D eigenvalue weighted by atomic mass is 10.2. The number of carbonyl (C=O) groups is 2. The standard InChI is InChI=1S/C6H10O10S2/c1-17(11,12)15-6(5(9)10,3-4(7)8)16-18(2,13)14/h3H2,1-2H3,(H,7,8)(H,9,10). The number of aliphatic carboxylic acids is 2. The molecule has 0 bridgehead atoms. The fourth-order valence-corrected chi connectivity index (χ4v) is 2.26. The summed E-state index contributed by atoms with van der Waals surface area (Å²) in [6.45, 7) is 0. The molecular formula is C6H10O10S2. The Labute approximate surface area is 102 Å². The van der Waals surface area contributed by atoms with Crippen molar-refractivity contribution in [1.29, 1.82) is 0 Å². The summed E-state index contributed by atoms with van der Waals surface area (Å²) in [6, 6.07) is 0. The second-order valence-electron chi connectivity index (χ2n) is 3.20. The monoisotopic (exact) mass is 306 g/mol. The zero-order chi connectivity index (χ0) is 14.8. The van der Waals surface area contributed by atoms with Crippen molar-refractivity contribution < 1.29 is 45.0 Å². The molecule has 0 saturated carbocycles. The smallest absolute Gasteiger partial charge is 0.367 e. The summed E-state index contributed by atoms with van der Waals surface area (Å²) in [4.78, 5) is 21.3. The highest BCUT2D eigenvalue weighted by atomic mass is 32.2. The van der Waals surface area contributed by atoms with Crippen molar-refractivity contribution in [2.45, 2.75) is 12.2 Å². The first-order valence-electron chi connectivity index (χ1n) is 4.04. The van der Waals surface area contributed by atoms with E-state index < -0.39 is 44.4 Å². The van der Waals surface area contributed by atoms with Gasteiger partial charge in [0.1, 0.15) is 6.42 Å². The molecule has 106 valence electrons. The molecule has 0 radical (unpaired) electrons. The van der Waals surface area contributed by atoms with Gasteiger partial charge in [-0.05, 0) is 0 Å². The predicted octanol–water partition coefficient (Wildman–Crippen LogP) is -1.81. The summed E-state index contributed by atoms with van der Waals surface area (Å²) in [6.07, 6.45) is -0.696. The second-order valence-corrected chi connectivity index (χ2v) is 6.35. The first kappa shape index (κ1) is 16.8. The molecule has 0 aromatic heterocycles. The van der Waals surface area contributed by atoms with Crippen LogP contribution < -0.4 is 0 Å². The SMILES string of the molecule is CS(=O)(=O)OC(CC(=O)O)(OS(C)(=O)=O)C(=O)O. The molecule has 0 heterocycles. The Kier molecular flexibility index (Phi) is 4.82. The number of carboxylic acid groups (broad SMARTS) is 2. The first-order valence-corrected chi connectivity index (χ1v) is 7.67. The maximum absolute atomic E-state index is 10.9. The summed E-state index contributed by atoms with van der Waals surface area (Å²) >= 11 is 0. The summed E-state index contributed by atoms with van der Waals surface area (Å²) in [7, 11) is -8.96. The van der Waals surface area contributed by atoms with Gasteiger partial charge in [0.25, 0.3) is 20.2 Å². The van der Waals surface area contributed by atoms with Crippen molar-refractivity contribution >= 4 is 32.2 Å². The fourth-order valence-electron chi connectivity index (χ4n) is 0.908. The van der Waals surface area contributed by atoms with Crippen LogP contribution in [0.2, 0.25) is 0 Å². The number of carboxylic acids is 2. The largest absolute Gasteiger partial charge is 0.481 e. The minimum absolute atomic E-state index is 0.415. The van der Waals surface area contributed by atoms with Crippen LogP contribution in [0.1, 0.15) is 6.42 Å². The van der Waals surface area contributed by atoms with Gasteiger partial charge in [-0.15, -0.1) is 0 Å². The number of rotatable bonds is 7. The van der Waals surface area contributed by atoms with Crippen LogP contribution in [0.5, 0.6) is 0 Å². The molecule has 0 aliphatic heterocycles. The molecule has 0 atom stereocenters. The highest BCUT2D eigenvalue weighted by Gasteiger charge is 2.50. The first-order chi connectivity index (χ1) is 7.77. The molecule has 0 amide bonds. The Balaban J connectivity index is 5.72. The normalized spacial score (nSPS) is 13.2. The van der Waals surface area contributed by atoms with Gasteiger partial charge in [-0.3, -0.25) is 4.79 Å². The van der Waals surface area contributed by atoms with Gasteiger partial charge in [0.2, 0.25) is 0 Å². The van der Waals surface area contributed by atoms with Crippen molar-refractivity contribution in [3.8, 4) is 0 Å². The quantitative estimate of drug-likeness (QED) is 0.405. The molecule has 0 aromatic carbocycles. The zero-order valence-electron chi connectivity index (χ0n) is 9.18. The lowest BCUT2D eigenvalue weighted by Crippen LogP contribution is -2.48. The lowest BCUT2D eigenvalue weighted by Gasteiger charge is -2.24. The molecule has 0 unspecified atom stereocenters. The third kappa shape index (κ3) is 5.90. The van der Waals surface area contributed by atoms with Crippen LogP contribution in [0, 0.1) is 0 Å². The van der Waals surface area contributed by atoms with Crippen LogP contribution >= 0.6 is 0 Å². The van der Waals surface area contributed by atoms with E-state index in [0.717, 1.165) is 0 Å². The molecule has 0 fully saturated rings. The van der Waals surface area contributed by atoms with Gasteiger partial charge in [-0.1, -0.05) is 0 Å². The lowest BCUT2D eigenvalue weighted by molar-refractivity contribution is -0.189. The molecule has 0 aromatic rings. The molecule has 10 nitrogen and oxygen atoms in total. The van der Waals surface area contributed by atoms with Gasteiger partial charge in [0.15, 0.2) is 0 Å². The summed E-state index contributed by atoms with van der Waals surface area (Å²) in [5.74, 6) is -7.40. The molecular weight excluding hydrogens is 296 g/mol. The molecule has 2 N–H and O–H groups in total. The van der Waals surface area contributed by atoms with Gasteiger partial charge < -0.3 is 10.2 Å². The molecule has 0 saturated heterocycles. The molecule has 18 heavy (non-hydrogen) atoms. The van der Waals surface area contributed by atoms with Gasteiger partial charge in [-0.25, -0.2) is 13.2 Å². The Bertz CT molecular complexity index is 507. The van der Waals surface area contributed by atoms with E-state index >= 15 is 0 Å². The average molecular weight is 306 g/mol. The molecule has 0 spiro atoms. The maximum Gasteiger partial charge on any atom is 0.367 e. The predicted molar refractivity (Wildman–Crippen MR) is 54.5 cm³/mol. The highest BCUT2D eigenvalue weighted by Crippen LogP contribution is 2.23. The average Bonchev–Trinajstić information content (AvgIpc) is 1.93. The van der Waals surface area contributed by atoms with E-state index in [1.165, 1.54) is 0 Å². The minimum Gasteiger partial charge on any atom is -0.481 e. The van der Waals surface area contributed by atoms with Crippen LogP contribution in [0.15, 0.2) is 0 Å². The topological polar surface area (TPSA) is 161 Å². The van der Waals surface area contributed by atoms with Gasteiger partial charge in [0.05, 0.1) is 12.5 Å². The van der Waals surface area contributed by atoms with E-state index in [4.69, 9.17) is 10.2 Å². The van der Waals surface area contributed by atoms with Crippen LogP contribution in [-0.4, -0.2) is 57.3 Å². The van der Waals surface area contributed by atoms with Crippen molar-refractivity contribution in [1.82, 2.24) is 0 Å². The third-order valence-electron chi connectivity index (χ3n) is 1.28. The Hall–Kier alpha value is -1.24. The Morgan fingerprint density at radius 2 is 1.33 bits per heavy atom. The van der Waals surface area contributed by atoms with Gasteiger partial charge in [-0.2, -0.15) is 16.8 Å². The molecule has 12 heteroatoms. The highest BCUT2D eigenvalue weighted by molar-refractivity contribution is 7.86. The van der Waals surface area contributed by atoms with Gasteiger partial charge in [0, 0.05) is 0 Å². The van der Waals surface area contributed by atoms with E-state index in [1.54, 1.807) is 0 Å². The third-order valence-corrected chi connectivity index (χ3v) is 2.43. The van der Waals surface area contributed by atoms with Crippen molar-refractivity contribution in [3.63, 3.8) is 0 Å². The molecule has 0 aliphatic carbocycles. The summed E-state index contributed by atoms with van der Waals surface area (Å²) < 4.78 is 51.4. The van der Waals surface area contributed by atoms with E-state index in [9.17, 15) is 26.4 Å². The van der Waals surface area contributed by atoms with Gasteiger partial charge >= 0.3 is 17.7 Å². The van der Waals surface area contributed by atoms with Crippen molar-refractivity contribution in [2.24, 2.45) is 0 Å². The fraction of sp³-hybridized carbons (Fsp3) is 0.667. The maximum atomic E-state index is 10.9. The molecule has 0 aliphatic rings. The Morgan fingerprint density at radius 3 is 1.50 bits per heavy atom. The van der Waals surface area contributed by atoms with Crippen LogP contribution in [0.4, 0.5) is 0 Å². The summed E-state index contributed by atoms with van der Waals surface area (Å²) in [5.41, 5.74) is 0. The van der Waals surface area contributed by atoms with Crippen molar-refractivity contribution in [3.05, 3.63) is 0 Å². The summed E-state index contributed by atoms with van der Waals surface area (Å²) in [5, 5.41) is 17.2. The van der Waals surface area contributed by atoms with E-state index in [0.29, 0.717) is 12.5 Å². The minimum atomic E-state index is -4.48. The van der Waals surface area contributed by atoms with Crippen molar-refractivity contribution in [2.75, 3.05) is 12.5 Å². The second kappa shape index (κ2) is 5.17. The molecule has 0 rings (SSSR count). The zero-order valence-corrected chi connectivity index (χ0v) is 10.8.